The molecule has 2 aromatic heterocycles. The fourth-order valence-electron chi connectivity index (χ4n) is 2.12. The Kier molecular flexibility index (Phi) is 3.39. The molecule has 0 aliphatic heterocycles. The summed E-state index contributed by atoms with van der Waals surface area (Å²) in [5, 5.41) is 2.72. The average molecular weight is 283 g/mol. The first-order valence-corrected chi connectivity index (χ1v) is 6.60. The molecule has 3 aromatic rings. The van der Waals surface area contributed by atoms with Crippen LogP contribution in [-0.4, -0.2) is 15.3 Å². The molecule has 0 atom stereocenters. The molecule has 2 heterocycles. The van der Waals surface area contributed by atoms with E-state index in [1.807, 2.05) is 35.9 Å². The maximum atomic E-state index is 12.8. The fourth-order valence-corrected chi connectivity index (χ4v) is 2.12. The number of hydrogen-bond donors (Lipinski definition) is 1. The van der Waals surface area contributed by atoms with Crippen molar-refractivity contribution < 1.29 is 9.18 Å². The Morgan fingerprint density at radius 3 is 2.81 bits per heavy atom. The molecule has 0 saturated heterocycles. The first-order valence-electron chi connectivity index (χ1n) is 6.60. The number of aromatic nitrogens is 2. The Morgan fingerprint density at radius 1 is 1.29 bits per heavy atom. The monoisotopic (exact) mass is 283 g/mol. The van der Waals surface area contributed by atoms with Gasteiger partial charge in [0.25, 0.3) is 0 Å². The summed E-state index contributed by atoms with van der Waals surface area (Å²) in [6.45, 7) is 2.00. The zero-order valence-electron chi connectivity index (χ0n) is 11.5. The number of nitrogens with zero attached hydrogens (tertiary/aromatic N) is 2. The highest BCUT2D eigenvalue weighted by atomic mass is 19.1. The van der Waals surface area contributed by atoms with Gasteiger partial charge in [-0.1, -0.05) is 0 Å². The van der Waals surface area contributed by atoms with Gasteiger partial charge < -0.3 is 9.72 Å². The van der Waals surface area contributed by atoms with Crippen LogP contribution in [0.5, 0.6) is 0 Å². The molecule has 1 aromatic carbocycles. The third-order valence-electron chi connectivity index (χ3n) is 3.14. The summed E-state index contributed by atoms with van der Waals surface area (Å²) in [7, 11) is 0. The van der Waals surface area contributed by atoms with Gasteiger partial charge in [0.1, 0.15) is 11.5 Å². The van der Waals surface area contributed by atoms with Crippen molar-refractivity contribution in [2.45, 2.75) is 13.3 Å². The van der Waals surface area contributed by atoms with E-state index < -0.39 is 0 Å². The maximum Gasteiger partial charge on any atom is 0.230 e. The average Bonchev–Trinajstić information content (AvgIpc) is 2.82. The van der Waals surface area contributed by atoms with Crippen LogP contribution >= 0.6 is 0 Å². The summed E-state index contributed by atoms with van der Waals surface area (Å²) in [4.78, 5) is 16.4. The number of imidazole rings is 1. The number of halogens is 1. The van der Waals surface area contributed by atoms with Gasteiger partial charge in [0.05, 0.1) is 12.1 Å². The van der Waals surface area contributed by atoms with Gasteiger partial charge in [-0.25, -0.2) is 9.37 Å². The second kappa shape index (κ2) is 5.36. The lowest BCUT2D eigenvalue weighted by Gasteiger charge is -2.03. The quantitative estimate of drug-likeness (QED) is 0.803. The Morgan fingerprint density at radius 2 is 2.05 bits per heavy atom. The number of aryl methyl sites for hydroxylation is 1. The summed E-state index contributed by atoms with van der Waals surface area (Å²) >= 11 is 0. The Hall–Kier alpha value is -2.69. The predicted octanol–water partition coefficient (Wildman–Crippen LogP) is 2.96. The number of anilines is 1. The minimum absolute atomic E-state index is 0.179. The van der Waals surface area contributed by atoms with Crippen LogP contribution in [0.1, 0.15) is 11.3 Å². The lowest BCUT2D eigenvalue weighted by atomic mass is 10.2. The first kappa shape index (κ1) is 13.3. The van der Waals surface area contributed by atoms with Crippen LogP contribution in [-0.2, 0) is 11.2 Å². The molecule has 0 unspecified atom stereocenters. The first-order chi connectivity index (χ1) is 10.1. The molecule has 0 aliphatic rings. The van der Waals surface area contributed by atoms with E-state index in [9.17, 15) is 9.18 Å². The fraction of sp³-hybridized carbons (Fsp3) is 0.125. The van der Waals surface area contributed by atoms with Crippen molar-refractivity contribution in [2.75, 3.05) is 5.32 Å². The van der Waals surface area contributed by atoms with E-state index in [2.05, 4.69) is 10.3 Å². The predicted molar refractivity (Wildman–Crippen MR) is 78.7 cm³/mol. The third kappa shape index (κ3) is 3.08. The summed E-state index contributed by atoms with van der Waals surface area (Å²) in [6, 6.07) is 9.62. The van der Waals surface area contributed by atoms with Crippen molar-refractivity contribution in [3.05, 3.63) is 65.9 Å². The van der Waals surface area contributed by atoms with Gasteiger partial charge in [-0.2, -0.15) is 0 Å². The molecular formula is C16H14FN3O. The topological polar surface area (TPSA) is 46.4 Å². The molecule has 0 aliphatic carbocycles. The SMILES string of the molecule is Cc1ccn2cc(CC(=O)Nc3ccc(F)cc3)nc2c1. The normalized spacial score (nSPS) is 10.8. The number of pyridine rings is 1. The minimum Gasteiger partial charge on any atom is -0.326 e. The molecule has 0 spiro atoms. The summed E-state index contributed by atoms with van der Waals surface area (Å²) in [5.74, 6) is -0.509. The van der Waals surface area contributed by atoms with E-state index in [1.54, 1.807) is 0 Å². The number of benzene rings is 1. The van der Waals surface area contributed by atoms with Gasteiger partial charge in [0.2, 0.25) is 5.91 Å². The highest BCUT2D eigenvalue weighted by Gasteiger charge is 2.08. The Labute approximate surface area is 121 Å². The van der Waals surface area contributed by atoms with Crippen molar-refractivity contribution >= 4 is 17.2 Å². The summed E-state index contributed by atoms with van der Waals surface area (Å²) in [5.41, 5.74) is 3.20. The lowest BCUT2D eigenvalue weighted by Crippen LogP contribution is -2.14. The molecule has 0 bridgehead atoms. The number of rotatable bonds is 3. The van der Waals surface area contributed by atoms with Crippen LogP contribution in [0, 0.1) is 12.7 Å². The van der Waals surface area contributed by atoms with Crippen LogP contribution in [0.4, 0.5) is 10.1 Å². The molecule has 106 valence electrons. The van der Waals surface area contributed by atoms with Gasteiger partial charge >= 0.3 is 0 Å². The number of nitrogens with one attached hydrogen (secondary N) is 1. The molecule has 1 amide bonds. The number of hydrogen-bond acceptors (Lipinski definition) is 2. The van der Waals surface area contributed by atoms with Crippen molar-refractivity contribution in [1.82, 2.24) is 9.38 Å². The maximum absolute atomic E-state index is 12.8. The molecule has 0 fully saturated rings. The largest absolute Gasteiger partial charge is 0.326 e. The van der Waals surface area contributed by atoms with Gasteiger partial charge in [-0.15, -0.1) is 0 Å². The second-order valence-electron chi connectivity index (χ2n) is 4.93. The van der Waals surface area contributed by atoms with E-state index >= 15 is 0 Å². The zero-order valence-corrected chi connectivity index (χ0v) is 11.5. The summed E-state index contributed by atoms with van der Waals surface area (Å²) < 4.78 is 14.7. The van der Waals surface area contributed by atoms with E-state index in [1.165, 1.54) is 24.3 Å². The van der Waals surface area contributed by atoms with Gasteiger partial charge in [-0.3, -0.25) is 4.79 Å². The van der Waals surface area contributed by atoms with Crippen LogP contribution in [0.3, 0.4) is 0 Å². The second-order valence-corrected chi connectivity index (χ2v) is 4.93. The molecule has 0 saturated carbocycles. The van der Waals surface area contributed by atoms with Gasteiger partial charge in [0.15, 0.2) is 0 Å². The smallest absolute Gasteiger partial charge is 0.230 e. The minimum atomic E-state index is -0.330. The molecule has 21 heavy (non-hydrogen) atoms. The number of fused-ring (bicyclic) bond motifs is 1. The third-order valence-corrected chi connectivity index (χ3v) is 3.14. The van der Waals surface area contributed by atoms with E-state index in [4.69, 9.17) is 0 Å². The van der Waals surface area contributed by atoms with Crippen molar-refractivity contribution in [2.24, 2.45) is 0 Å². The number of amides is 1. The van der Waals surface area contributed by atoms with Crippen LogP contribution in [0.25, 0.3) is 5.65 Å². The van der Waals surface area contributed by atoms with Crippen LogP contribution < -0.4 is 5.32 Å². The molecular weight excluding hydrogens is 269 g/mol. The van der Waals surface area contributed by atoms with E-state index in [0.29, 0.717) is 11.4 Å². The highest BCUT2D eigenvalue weighted by molar-refractivity contribution is 5.92. The van der Waals surface area contributed by atoms with Gasteiger partial charge in [-0.05, 0) is 48.9 Å². The standard InChI is InChI=1S/C16H14FN3O/c1-11-6-7-20-10-14(18-15(20)8-11)9-16(21)19-13-4-2-12(17)3-5-13/h2-8,10H,9H2,1H3,(H,19,21). The van der Waals surface area contributed by atoms with E-state index in [0.717, 1.165) is 11.2 Å². The molecule has 3 rings (SSSR count). The van der Waals surface area contributed by atoms with Crippen molar-refractivity contribution in [3.8, 4) is 0 Å². The molecule has 5 heteroatoms. The zero-order chi connectivity index (χ0) is 14.8. The van der Waals surface area contributed by atoms with Crippen molar-refractivity contribution in [1.29, 1.82) is 0 Å². The lowest BCUT2D eigenvalue weighted by molar-refractivity contribution is -0.115. The van der Waals surface area contributed by atoms with Crippen LogP contribution in [0.15, 0.2) is 48.8 Å². The van der Waals surface area contributed by atoms with E-state index in [-0.39, 0.29) is 18.1 Å². The molecule has 1 N–H and O–H groups in total. The Bertz CT molecular complexity index is 793. The molecule has 4 nitrogen and oxygen atoms in total. The molecule has 0 radical (unpaired) electrons. The number of carbonyl (C=O) groups excluding carboxylic acids is 1. The van der Waals surface area contributed by atoms with Crippen LogP contribution in [0.2, 0.25) is 0 Å². The Balaban J connectivity index is 1.72. The van der Waals surface area contributed by atoms with Gasteiger partial charge in [0, 0.05) is 18.1 Å². The summed E-state index contributed by atoms with van der Waals surface area (Å²) in [6.07, 6.45) is 3.93. The highest BCUT2D eigenvalue weighted by Crippen LogP contribution is 2.11. The number of carbonyl (C=O) groups is 1. The van der Waals surface area contributed by atoms with Crippen molar-refractivity contribution in [3.63, 3.8) is 0 Å².